The van der Waals surface area contributed by atoms with Gasteiger partial charge in [0.2, 0.25) is 0 Å². The summed E-state index contributed by atoms with van der Waals surface area (Å²) in [6, 6.07) is 1.85. The van der Waals surface area contributed by atoms with Gasteiger partial charge in [-0.1, -0.05) is 0 Å². The first-order chi connectivity index (χ1) is 11.3. The summed E-state index contributed by atoms with van der Waals surface area (Å²) >= 11 is 0. The van der Waals surface area contributed by atoms with Crippen molar-refractivity contribution in [2.45, 2.75) is 19.0 Å². The van der Waals surface area contributed by atoms with Gasteiger partial charge in [0.05, 0.1) is 23.1 Å². The molecule has 0 bridgehead atoms. The second-order valence-electron chi connectivity index (χ2n) is 5.11. The molecule has 0 saturated heterocycles. The van der Waals surface area contributed by atoms with Gasteiger partial charge in [-0.25, -0.2) is 4.98 Å². The Morgan fingerprint density at radius 3 is 2.67 bits per heavy atom. The van der Waals surface area contributed by atoms with E-state index in [1.165, 1.54) is 23.3 Å². The SMILES string of the molecule is Nc1cc(C(F)(F)F)c(-n2ccnc2)cc1C(=O)NCCCCO. The zero-order valence-electron chi connectivity index (χ0n) is 12.7. The largest absolute Gasteiger partial charge is 0.418 e. The number of hydrogen-bond donors (Lipinski definition) is 3. The molecule has 0 spiro atoms. The Bertz CT molecular complexity index is 699. The first kappa shape index (κ1) is 17.8. The molecule has 9 heteroatoms. The van der Waals surface area contributed by atoms with Crippen molar-refractivity contribution >= 4 is 11.6 Å². The maximum atomic E-state index is 13.2. The second kappa shape index (κ2) is 7.35. The average Bonchev–Trinajstić information content (AvgIpc) is 3.04. The van der Waals surface area contributed by atoms with E-state index in [-0.39, 0.29) is 23.5 Å². The molecule has 0 atom stereocenters. The van der Waals surface area contributed by atoms with E-state index in [0.717, 1.165) is 12.1 Å². The topological polar surface area (TPSA) is 93.2 Å². The lowest BCUT2D eigenvalue weighted by Crippen LogP contribution is -2.26. The third-order valence-electron chi connectivity index (χ3n) is 3.37. The van der Waals surface area contributed by atoms with Crippen LogP contribution in [0.5, 0.6) is 0 Å². The van der Waals surface area contributed by atoms with E-state index in [0.29, 0.717) is 19.4 Å². The molecule has 0 fully saturated rings. The highest BCUT2D eigenvalue weighted by Crippen LogP contribution is 2.36. The molecular formula is C15H17F3N4O2. The average molecular weight is 342 g/mol. The van der Waals surface area contributed by atoms with Crippen LogP contribution in [0.3, 0.4) is 0 Å². The molecule has 0 aliphatic carbocycles. The van der Waals surface area contributed by atoms with Gasteiger partial charge in [0.1, 0.15) is 0 Å². The standard InChI is InChI=1S/C15H17F3N4O2/c16-15(17,18)11-8-12(19)10(14(24)21-3-1-2-6-23)7-13(11)22-5-4-20-9-22/h4-5,7-9,23H,1-3,6,19H2,(H,21,24). The van der Waals surface area contributed by atoms with E-state index >= 15 is 0 Å². The van der Waals surface area contributed by atoms with Gasteiger partial charge < -0.3 is 20.7 Å². The van der Waals surface area contributed by atoms with Crippen LogP contribution in [0.15, 0.2) is 30.9 Å². The highest BCUT2D eigenvalue weighted by Gasteiger charge is 2.35. The summed E-state index contributed by atoms with van der Waals surface area (Å²) in [7, 11) is 0. The highest BCUT2D eigenvalue weighted by molar-refractivity contribution is 6.00. The summed E-state index contributed by atoms with van der Waals surface area (Å²) in [5.74, 6) is -0.569. The van der Waals surface area contributed by atoms with Gasteiger partial charge in [0.25, 0.3) is 5.91 Å². The monoisotopic (exact) mass is 342 g/mol. The molecule has 0 saturated carbocycles. The summed E-state index contributed by atoms with van der Waals surface area (Å²) in [6.45, 7) is 0.295. The van der Waals surface area contributed by atoms with Gasteiger partial charge in [-0.05, 0) is 25.0 Å². The van der Waals surface area contributed by atoms with Crippen LogP contribution in [0.2, 0.25) is 0 Å². The van der Waals surface area contributed by atoms with E-state index in [9.17, 15) is 18.0 Å². The van der Waals surface area contributed by atoms with Gasteiger partial charge in [0.15, 0.2) is 0 Å². The van der Waals surface area contributed by atoms with Crippen molar-refractivity contribution in [3.63, 3.8) is 0 Å². The van der Waals surface area contributed by atoms with Crippen molar-refractivity contribution in [2.75, 3.05) is 18.9 Å². The Hall–Kier alpha value is -2.55. The van der Waals surface area contributed by atoms with Crippen molar-refractivity contribution in [2.24, 2.45) is 0 Å². The summed E-state index contributed by atoms with van der Waals surface area (Å²) in [5.41, 5.74) is 4.17. The molecule has 0 unspecified atom stereocenters. The number of benzene rings is 1. The van der Waals surface area contributed by atoms with Crippen LogP contribution in [-0.4, -0.2) is 33.7 Å². The molecule has 24 heavy (non-hydrogen) atoms. The van der Waals surface area contributed by atoms with Crippen molar-refractivity contribution in [1.82, 2.24) is 14.9 Å². The maximum Gasteiger partial charge on any atom is 0.418 e. The van der Waals surface area contributed by atoms with E-state index < -0.39 is 17.6 Å². The van der Waals surface area contributed by atoms with Crippen LogP contribution < -0.4 is 11.1 Å². The molecule has 1 aromatic carbocycles. The minimum absolute atomic E-state index is 0.00304. The van der Waals surface area contributed by atoms with Crippen LogP contribution in [0, 0.1) is 0 Å². The van der Waals surface area contributed by atoms with Crippen molar-refractivity contribution in [1.29, 1.82) is 0 Å². The number of hydrogen-bond acceptors (Lipinski definition) is 4. The Morgan fingerprint density at radius 1 is 1.33 bits per heavy atom. The predicted molar refractivity (Wildman–Crippen MR) is 81.6 cm³/mol. The van der Waals surface area contributed by atoms with Crippen LogP contribution in [0.1, 0.15) is 28.8 Å². The lowest BCUT2D eigenvalue weighted by atomic mass is 10.0. The van der Waals surface area contributed by atoms with E-state index in [2.05, 4.69) is 10.3 Å². The number of aliphatic hydroxyl groups is 1. The fourth-order valence-electron chi connectivity index (χ4n) is 2.18. The number of aliphatic hydroxyl groups excluding tert-OH is 1. The summed E-state index contributed by atoms with van der Waals surface area (Å²) in [4.78, 5) is 15.9. The number of anilines is 1. The van der Waals surface area contributed by atoms with Crippen LogP contribution in [0.25, 0.3) is 5.69 Å². The molecule has 2 rings (SSSR count). The fourth-order valence-corrected chi connectivity index (χ4v) is 2.18. The van der Waals surface area contributed by atoms with Crippen LogP contribution >= 0.6 is 0 Å². The van der Waals surface area contributed by atoms with Gasteiger partial charge >= 0.3 is 6.18 Å². The number of nitrogen functional groups attached to an aromatic ring is 1. The highest BCUT2D eigenvalue weighted by atomic mass is 19.4. The number of unbranched alkanes of at least 4 members (excludes halogenated alkanes) is 1. The number of alkyl halides is 3. The fraction of sp³-hybridized carbons (Fsp3) is 0.333. The van der Waals surface area contributed by atoms with Crippen molar-refractivity contribution in [3.8, 4) is 5.69 Å². The summed E-state index contributed by atoms with van der Waals surface area (Å²) in [5, 5.41) is 11.3. The number of amides is 1. The van der Waals surface area contributed by atoms with Gasteiger partial charge in [-0.15, -0.1) is 0 Å². The normalized spacial score (nSPS) is 11.5. The Balaban J connectivity index is 2.37. The molecule has 130 valence electrons. The molecule has 4 N–H and O–H groups in total. The lowest BCUT2D eigenvalue weighted by Gasteiger charge is -2.17. The zero-order valence-corrected chi connectivity index (χ0v) is 12.7. The van der Waals surface area contributed by atoms with Crippen molar-refractivity contribution in [3.05, 3.63) is 42.0 Å². The number of halogens is 3. The molecule has 6 nitrogen and oxygen atoms in total. The Kier molecular flexibility index (Phi) is 5.45. The van der Waals surface area contributed by atoms with Gasteiger partial charge in [-0.3, -0.25) is 4.79 Å². The number of nitrogens with zero attached hydrogens (tertiary/aromatic N) is 2. The smallest absolute Gasteiger partial charge is 0.398 e. The molecule has 0 aliphatic rings. The molecule has 1 aromatic heterocycles. The Labute approximate surface area is 136 Å². The predicted octanol–water partition coefficient (Wildman–Crippen LogP) is 1.98. The summed E-state index contributed by atoms with van der Waals surface area (Å²) in [6.07, 6.45) is 0.350. The second-order valence-corrected chi connectivity index (χ2v) is 5.11. The molecule has 0 radical (unpaired) electrons. The first-order valence-corrected chi connectivity index (χ1v) is 7.22. The number of imidazole rings is 1. The third kappa shape index (κ3) is 4.05. The number of rotatable bonds is 6. The molecule has 2 aromatic rings. The lowest BCUT2D eigenvalue weighted by molar-refractivity contribution is -0.137. The van der Waals surface area contributed by atoms with Gasteiger partial charge in [0, 0.05) is 31.2 Å². The molecule has 1 amide bonds. The Morgan fingerprint density at radius 2 is 2.08 bits per heavy atom. The first-order valence-electron chi connectivity index (χ1n) is 7.22. The number of nitrogens with two attached hydrogens (primary N) is 1. The van der Waals surface area contributed by atoms with Crippen molar-refractivity contribution < 1.29 is 23.1 Å². The quantitative estimate of drug-likeness (QED) is 0.553. The van der Waals surface area contributed by atoms with E-state index in [4.69, 9.17) is 10.8 Å². The summed E-state index contributed by atoms with van der Waals surface area (Å²) < 4.78 is 40.9. The number of nitrogens with one attached hydrogen (secondary N) is 1. The minimum Gasteiger partial charge on any atom is -0.398 e. The number of carbonyl (C=O) groups excluding carboxylic acids is 1. The third-order valence-corrected chi connectivity index (χ3v) is 3.37. The van der Waals surface area contributed by atoms with E-state index in [1.807, 2.05) is 0 Å². The number of aromatic nitrogens is 2. The molecule has 0 aliphatic heterocycles. The zero-order chi connectivity index (χ0) is 17.7. The van der Waals surface area contributed by atoms with Crippen LogP contribution in [0.4, 0.5) is 18.9 Å². The van der Waals surface area contributed by atoms with E-state index in [1.54, 1.807) is 0 Å². The molecular weight excluding hydrogens is 325 g/mol. The molecule has 1 heterocycles. The van der Waals surface area contributed by atoms with Gasteiger partial charge in [-0.2, -0.15) is 13.2 Å². The maximum absolute atomic E-state index is 13.2. The number of carbonyl (C=O) groups is 1. The minimum atomic E-state index is -4.62. The van der Waals surface area contributed by atoms with Crippen LogP contribution in [-0.2, 0) is 6.18 Å².